The number of nitriles is 1. The molecule has 0 spiro atoms. The highest BCUT2D eigenvalue weighted by molar-refractivity contribution is 7.92. The summed E-state index contributed by atoms with van der Waals surface area (Å²) < 4.78 is 357. The Morgan fingerprint density at radius 3 is 1.03 bits per heavy atom. The molecule has 0 amide bonds. The molecule has 0 aromatic heterocycles. The largest absolute Gasteiger partial charge is 0.488 e. The summed E-state index contributed by atoms with van der Waals surface area (Å²) in [5.74, 6) is -5.39. The second-order valence-electron chi connectivity index (χ2n) is 27.7. The first-order chi connectivity index (χ1) is 48.2. The van der Waals surface area contributed by atoms with Crippen molar-refractivity contribution in [3.05, 3.63) is 187 Å². The molecule has 598 valence electrons. The van der Waals surface area contributed by atoms with Crippen molar-refractivity contribution in [3.8, 4) is 17.6 Å². The van der Waals surface area contributed by atoms with Crippen molar-refractivity contribution in [3.63, 3.8) is 0 Å². The Labute approximate surface area is 605 Å². The van der Waals surface area contributed by atoms with Gasteiger partial charge in [-0.05, 0) is 204 Å². The Bertz CT molecular complexity index is 4210. The van der Waals surface area contributed by atoms with E-state index < -0.39 is 138 Å². The molecule has 8 rings (SSSR count). The molecule has 7 nitrogen and oxygen atoms in total. The van der Waals surface area contributed by atoms with E-state index in [-0.39, 0.29) is 63.0 Å². The van der Waals surface area contributed by atoms with E-state index in [9.17, 15) is 122 Å². The maximum absolute atomic E-state index is 13.0. The molecule has 0 radical (unpaired) electrons. The summed E-state index contributed by atoms with van der Waals surface area (Å²) in [6, 6.07) is 21.1. The van der Waals surface area contributed by atoms with Crippen LogP contribution in [0.3, 0.4) is 0 Å². The van der Waals surface area contributed by atoms with Crippen LogP contribution in [0.1, 0.15) is 236 Å². The summed E-state index contributed by atoms with van der Waals surface area (Å²) >= 11 is 0. The van der Waals surface area contributed by atoms with Gasteiger partial charge in [0.15, 0.2) is 19.7 Å². The molecule has 0 heterocycles. The van der Waals surface area contributed by atoms with Crippen molar-refractivity contribution in [2.45, 2.75) is 234 Å². The van der Waals surface area contributed by atoms with Crippen LogP contribution in [0.5, 0.6) is 11.5 Å². The van der Waals surface area contributed by atoms with E-state index in [0.717, 1.165) is 66.9 Å². The third-order valence-corrected chi connectivity index (χ3v) is 19.5. The molecule has 6 aromatic carbocycles. The number of sulfone groups is 2. The molecule has 2 saturated carbocycles. The van der Waals surface area contributed by atoms with Gasteiger partial charge >= 0.3 is 43.7 Å². The second kappa shape index (κ2) is 36.0. The zero-order chi connectivity index (χ0) is 82.8. The number of hydrogen-bond acceptors (Lipinski definition) is 7. The molecule has 0 N–H and O–H groups in total. The zero-order valence-corrected chi connectivity index (χ0v) is 61.9. The molecule has 1 atom stereocenters. The van der Waals surface area contributed by atoms with Crippen LogP contribution >= 0.6 is 0 Å². The SMILES string of the molecule is CC(C)c1cc(C(F)(F)F)cc(C(C)(C)C#N)c1.CC(C)c1cc(C(F)(F)F)cc(S(=O)(=O)C2CC2)c1.CC(C)c1cc(C(F)(F)F)cc(S(C)(=O)=O)c1.CC(C)c1cc(C2CC2(F)F)cc(C(F)(F)F)c1.CC(C)c1cc(OC(F)F)cc(C(F)(F)F)c1.CC(C)c1cc(OCC(F)F)cc(C(F)(F)F)c1. The number of ether oxygens (including phenoxy) is 2. The van der Waals surface area contributed by atoms with Gasteiger partial charge in [0.2, 0.25) is 0 Å². The number of hydrogen-bond donors (Lipinski definition) is 0. The van der Waals surface area contributed by atoms with Crippen LogP contribution < -0.4 is 9.47 Å². The van der Waals surface area contributed by atoms with Gasteiger partial charge in [-0.25, -0.2) is 34.4 Å². The number of nitrogens with zero attached hydrogens (tertiary/aromatic N) is 1. The summed E-state index contributed by atoms with van der Waals surface area (Å²) in [4.78, 5) is -0.496. The van der Waals surface area contributed by atoms with Crippen LogP contribution in [0, 0.1) is 11.3 Å². The van der Waals surface area contributed by atoms with E-state index >= 15 is 0 Å². The summed E-state index contributed by atoms with van der Waals surface area (Å²) in [6.45, 7) is 20.0. The average Bonchev–Trinajstić information content (AvgIpc) is 1.61. The topological polar surface area (TPSA) is 111 Å². The Morgan fingerprint density at radius 2 is 0.710 bits per heavy atom. The lowest BCUT2D eigenvalue weighted by Gasteiger charge is -2.20. The Kier molecular flexibility index (Phi) is 31.6. The minimum Gasteiger partial charge on any atom is -0.488 e. The summed E-state index contributed by atoms with van der Waals surface area (Å²) in [6.07, 6.45) is -28.2. The summed E-state index contributed by atoms with van der Waals surface area (Å²) in [5, 5.41) is 8.54. The molecule has 107 heavy (non-hydrogen) atoms. The Balaban J connectivity index is 0.000000333. The van der Waals surface area contributed by atoms with Crippen molar-refractivity contribution < 1.29 is 132 Å². The molecule has 2 fully saturated rings. The van der Waals surface area contributed by atoms with E-state index in [1.54, 1.807) is 89.2 Å². The number of benzene rings is 6. The standard InChI is InChI=1S/C14H16F3N.C13H13F5.C13H15F3O2S.C12H13F5O.C11H11F5O.C11H13F3O2S/c1-9(2)10-5-11(13(3,4)8-18)7-12(6-10)14(15,16)17;1-7(2)8-3-9(11-6-12(11,14)15)5-10(4-8)13(16,17)18;1-8(2)9-5-10(13(14,15)16)7-12(6-9)19(17,18)11-3-4-11;1-7(2)8-3-9(12(15,16)17)5-10(4-8)18-6-11(13)14;1-6(2)7-3-8(11(14,15)16)5-9(4-7)17-10(12)13;1-7(2)8-4-9(11(12,13)14)6-10(5-8)17(3,15)16/h5-7,9H,1-4H3;3-5,7,11H,6H2,1-2H3;5-8,11H,3-4H2,1-2H3;3-5,7,11H,6H2,1-2H3;3-6,10H,1-2H3;4-7H,1-3H3. The van der Waals surface area contributed by atoms with Crippen molar-refractivity contribution in [2.24, 2.45) is 0 Å². The first-order valence-electron chi connectivity index (χ1n) is 32.6. The van der Waals surface area contributed by atoms with Crippen molar-refractivity contribution >= 4 is 19.7 Å². The van der Waals surface area contributed by atoms with Gasteiger partial charge in [-0.2, -0.15) is 93.1 Å². The molecule has 0 aliphatic heterocycles. The lowest BCUT2D eigenvalue weighted by molar-refractivity contribution is -0.138. The van der Waals surface area contributed by atoms with E-state index in [2.05, 4.69) is 9.47 Å². The van der Waals surface area contributed by atoms with E-state index in [1.165, 1.54) is 30.3 Å². The van der Waals surface area contributed by atoms with Crippen molar-refractivity contribution in [1.29, 1.82) is 5.26 Å². The zero-order valence-electron chi connectivity index (χ0n) is 60.3. The van der Waals surface area contributed by atoms with E-state index in [0.29, 0.717) is 63.9 Å². The molecule has 1 unspecified atom stereocenters. The van der Waals surface area contributed by atoms with Crippen LogP contribution in [-0.4, -0.2) is 53.9 Å². The molecule has 0 saturated heterocycles. The predicted octanol–water partition coefficient (Wildman–Crippen LogP) is 25.5. The molecular weight excluding hydrogens is 1520 g/mol. The lowest BCUT2D eigenvalue weighted by atomic mass is 9.83. The smallest absolute Gasteiger partial charge is 0.416 e. The minimum atomic E-state index is -4.58. The first kappa shape index (κ1) is 93.8. The maximum Gasteiger partial charge on any atom is 0.416 e. The van der Waals surface area contributed by atoms with Crippen LogP contribution in [0.2, 0.25) is 0 Å². The molecule has 6 aromatic rings. The van der Waals surface area contributed by atoms with Crippen LogP contribution in [0.4, 0.5) is 105 Å². The quantitative estimate of drug-likeness (QED) is 0.0888. The normalized spacial score (nSPS) is 15.0. The van der Waals surface area contributed by atoms with Gasteiger partial charge in [-0.15, -0.1) is 0 Å². The van der Waals surface area contributed by atoms with E-state index in [1.807, 2.05) is 19.9 Å². The van der Waals surface area contributed by atoms with Gasteiger partial charge in [0.25, 0.3) is 12.3 Å². The molecule has 33 heteroatoms. The molecule has 2 aliphatic carbocycles. The Hall–Kier alpha value is -7.37. The molecule has 2 aliphatic rings. The fourth-order valence-electron chi connectivity index (χ4n) is 9.36. The van der Waals surface area contributed by atoms with Crippen LogP contribution in [-0.2, 0) is 62.1 Å². The van der Waals surface area contributed by atoms with Crippen molar-refractivity contribution in [1.82, 2.24) is 0 Å². The van der Waals surface area contributed by atoms with Crippen LogP contribution in [0.15, 0.2) is 119 Å². The average molecular weight is 1600 g/mol. The molecular formula is C74H81F24NO6S2. The highest BCUT2D eigenvalue weighted by atomic mass is 32.2. The number of rotatable bonds is 16. The van der Waals surface area contributed by atoms with E-state index in [4.69, 9.17) is 5.26 Å². The summed E-state index contributed by atoms with van der Waals surface area (Å²) in [5.41, 5.74) is -3.14. The number of halogens is 24. The third-order valence-electron chi connectivity index (χ3n) is 16.2. The van der Waals surface area contributed by atoms with Crippen molar-refractivity contribution in [2.75, 3.05) is 12.9 Å². The van der Waals surface area contributed by atoms with Gasteiger partial charge in [0.05, 0.1) is 65.8 Å². The predicted molar refractivity (Wildman–Crippen MR) is 356 cm³/mol. The second-order valence-corrected chi connectivity index (χ2v) is 31.9. The van der Waals surface area contributed by atoms with Gasteiger partial charge < -0.3 is 9.47 Å². The third kappa shape index (κ3) is 29.5. The van der Waals surface area contributed by atoms with Crippen LogP contribution in [0.25, 0.3) is 0 Å². The lowest BCUT2D eigenvalue weighted by Crippen LogP contribution is -2.17. The fraction of sp³-hybridized carbons (Fsp3) is 0.500. The maximum atomic E-state index is 13.0. The minimum absolute atomic E-state index is 0.0134. The number of alkyl halides is 24. The Morgan fingerprint density at radius 1 is 0.421 bits per heavy atom. The summed E-state index contributed by atoms with van der Waals surface area (Å²) in [7, 11) is -7.25. The monoisotopic (exact) mass is 1600 g/mol. The molecule has 0 bridgehead atoms. The van der Waals surface area contributed by atoms with Gasteiger partial charge in [0.1, 0.15) is 18.1 Å². The highest BCUT2D eigenvalue weighted by Crippen LogP contribution is 2.56. The fourth-order valence-corrected chi connectivity index (χ4v) is 11.8. The van der Waals surface area contributed by atoms with Gasteiger partial charge in [-0.1, -0.05) is 95.2 Å². The van der Waals surface area contributed by atoms with Gasteiger partial charge in [-0.3, -0.25) is 0 Å². The van der Waals surface area contributed by atoms with Gasteiger partial charge in [0, 0.05) is 12.7 Å². The highest BCUT2D eigenvalue weighted by Gasteiger charge is 2.58. The first-order valence-corrected chi connectivity index (χ1v) is 36.1.